The standard InChI is InChI=1S/C17H21N5O4/c1-11(2)7-24-16(23)25-9-17(8-18)6-5-14(26-17)12-3-4-13-15(19)20-10-21-22(12)13/h3-4,10-11,14H,5-7,9H2,1-2H3,(H2,19,20,21). The molecule has 1 saturated heterocycles. The molecule has 2 N–H and O–H groups in total. The Kier molecular flexibility index (Phi) is 4.95. The fourth-order valence-electron chi connectivity index (χ4n) is 2.85. The van der Waals surface area contributed by atoms with Crippen LogP contribution in [0.4, 0.5) is 10.6 Å². The smallest absolute Gasteiger partial charge is 0.434 e. The van der Waals surface area contributed by atoms with Crippen molar-refractivity contribution in [3.63, 3.8) is 0 Å². The number of anilines is 1. The molecule has 1 fully saturated rings. The average Bonchev–Trinajstić information content (AvgIpc) is 3.23. The summed E-state index contributed by atoms with van der Waals surface area (Å²) in [4.78, 5) is 15.6. The molecule has 0 amide bonds. The van der Waals surface area contributed by atoms with Gasteiger partial charge in [0.25, 0.3) is 0 Å². The summed E-state index contributed by atoms with van der Waals surface area (Å²) < 4.78 is 17.6. The van der Waals surface area contributed by atoms with Crippen LogP contribution in [0.5, 0.6) is 0 Å². The van der Waals surface area contributed by atoms with E-state index in [-0.39, 0.29) is 25.2 Å². The van der Waals surface area contributed by atoms with Gasteiger partial charge in [-0.1, -0.05) is 13.8 Å². The summed E-state index contributed by atoms with van der Waals surface area (Å²) in [7, 11) is 0. The third-order valence-electron chi connectivity index (χ3n) is 4.18. The number of nitrogens with zero attached hydrogens (tertiary/aromatic N) is 4. The van der Waals surface area contributed by atoms with E-state index in [4.69, 9.17) is 19.9 Å². The van der Waals surface area contributed by atoms with Gasteiger partial charge in [-0.2, -0.15) is 10.4 Å². The van der Waals surface area contributed by atoms with Crippen molar-refractivity contribution in [3.05, 3.63) is 24.2 Å². The molecule has 0 spiro atoms. The largest absolute Gasteiger partial charge is 0.508 e. The van der Waals surface area contributed by atoms with Crippen molar-refractivity contribution >= 4 is 17.5 Å². The second kappa shape index (κ2) is 7.17. The maximum atomic E-state index is 11.6. The number of aromatic nitrogens is 3. The van der Waals surface area contributed by atoms with Gasteiger partial charge < -0.3 is 19.9 Å². The summed E-state index contributed by atoms with van der Waals surface area (Å²) in [6.07, 6.45) is 1.23. The van der Waals surface area contributed by atoms with Crippen molar-refractivity contribution in [3.8, 4) is 6.07 Å². The van der Waals surface area contributed by atoms with E-state index in [1.807, 2.05) is 19.9 Å². The van der Waals surface area contributed by atoms with Crippen LogP contribution in [0.2, 0.25) is 0 Å². The van der Waals surface area contributed by atoms with Gasteiger partial charge in [0.05, 0.1) is 12.3 Å². The van der Waals surface area contributed by atoms with Crippen LogP contribution in [0.15, 0.2) is 18.5 Å². The van der Waals surface area contributed by atoms with E-state index in [0.29, 0.717) is 24.2 Å². The number of rotatable bonds is 5. The Hall–Kier alpha value is -2.86. The van der Waals surface area contributed by atoms with Crippen LogP contribution < -0.4 is 5.73 Å². The van der Waals surface area contributed by atoms with Crippen molar-refractivity contribution in [2.45, 2.75) is 38.4 Å². The highest BCUT2D eigenvalue weighted by Gasteiger charge is 2.43. The second-order valence-corrected chi connectivity index (χ2v) is 6.70. The normalized spacial score (nSPS) is 22.5. The summed E-state index contributed by atoms with van der Waals surface area (Å²) in [5.41, 5.74) is 6.08. The van der Waals surface area contributed by atoms with Gasteiger partial charge in [-0.15, -0.1) is 0 Å². The molecule has 2 aromatic rings. The van der Waals surface area contributed by atoms with E-state index < -0.39 is 11.8 Å². The summed E-state index contributed by atoms with van der Waals surface area (Å²) >= 11 is 0. The molecule has 1 aliphatic rings. The quantitative estimate of drug-likeness (QED) is 0.806. The molecule has 0 aromatic carbocycles. The molecule has 138 valence electrons. The highest BCUT2D eigenvalue weighted by atomic mass is 16.7. The molecule has 0 bridgehead atoms. The van der Waals surface area contributed by atoms with E-state index in [0.717, 1.165) is 5.69 Å². The van der Waals surface area contributed by atoms with Gasteiger partial charge in [-0.05, 0) is 30.9 Å². The van der Waals surface area contributed by atoms with E-state index in [1.165, 1.54) is 6.33 Å². The second-order valence-electron chi connectivity index (χ2n) is 6.70. The lowest BCUT2D eigenvalue weighted by atomic mass is 10.0. The third-order valence-corrected chi connectivity index (χ3v) is 4.18. The molecule has 0 aliphatic carbocycles. The molecule has 2 unspecified atom stereocenters. The van der Waals surface area contributed by atoms with E-state index in [9.17, 15) is 10.1 Å². The minimum atomic E-state index is -1.20. The Morgan fingerprint density at radius 2 is 2.35 bits per heavy atom. The zero-order valence-electron chi connectivity index (χ0n) is 14.7. The predicted molar refractivity (Wildman–Crippen MR) is 90.9 cm³/mol. The number of nitrogen functional groups attached to an aromatic ring is 1. The maximum Gasteiger partial charge on any atom is 0.508 e. The average molecular weight is 359 g/mol. The van der Waals surface area contributed by atoms with Crippen molar-refractivity contribution in [1.82, 2.24) is 14.6 Å². The van der Waals surface area contributed by atoms with Crippen LogP contribution >= 0.6 is 0 Å². The van der Waals surface area contributed by atoms with Crippen molar-refractivity contribution < 1.29 is 19.0 Å². The zero-order chi connectivity index (χ0) is 18.7. The fraction of sp³-hybridized carbons (Fsp3) is 0.529. The minimum absolute atomic E-state index is 0.183. The molecule has 1 aliphatic heterocycles. The Bertz CT molecular complexity index is 843. The molecule has 9 heteroatoms. The monoisotopic (exact) mass is 359 g/mol. The first-order valence-corrected chi connectivity index (χ1v) is 8.41. The van der Waals surface area contributed by atoms with Gasteiger partial charge in [0.1, 0.15) is 30.6 Å². The highest BCUT2D eigenvalue weighted by molar-refractivity contribution is 5.65. The van der Waals surface area contributed by atoms with E-state index in [2.05, 4.69) is 16.2 Å². The molecule has 2 atom stereocenters. The zero-order valence-corrected chi connectivity index (χ0v) is 14.7. The first-order chi connectivity index (χ1) is 12.4. The summed E-state index contributed by atoms with van der Waals surface area (Å²) in [6, 6.07) is 5.78. The summed E-state index contributed by atoms with van der Waals surface area (Å²) in [6.45, 7) is 3.93. The number of nitriles is 1. The molecular formula is C17H21N5O4. The van der Waals surface area contributed by atoms with E-state index >= 15 is 0 Å². The van der Waals surface area contributed by atoms with Crippen LogP contribution in [0, 0.1) is 17.2 Å². The lowest BCUT2D eigenvalue weighted by Gasteiger charge is -2.21. The van der Waals surface area contributed by atoms with Crippen LogP contribution in [0.25, 0.3) is 5.52 Å². The Labute approximate surface area is 150 Å². The number of ether oxygens (including phenoxy) is 3. The number of carbonyl (C=O) groups is 1. The highest BCUT2D eigenvalue weighted by Crippen LogP contribution is 2.40. The molecule has 2 aromatic heterocycles. The van der Waals surface area contributed by atoms with Gasteiger partial charge in [-0.3, -0.25) is 0 Å². The van der Waals surface area contributed by atoms with Gasteiger partial charge in [0.2, 0.25) is 0 Å². The summed E-state index contributed by atoms with van der Waals surface area (Å²) in [5.74, 6) is 0.573. The lowest BCUT2D eigenvalue weighted by Crippen LogP contribution is -2.33. The number of hydrogen-bond donors (Lipinski definition) is 1. The molecule has 26 heavy (non-hydrogen) atoms. The number of fused-ring (bicyclic) bond motifs is 1. The third kappa shape index (κ3) is 3.55. The van der Waals surface area contributed by atoms with Crippen LogP contribution in [-0.4, -0.2) is 39.6 Å². The van der Waals surface area contributed by atoms with Crippen molar-refractivity contribution in [2.24, 2.45) is 5.92 Å². The number of nitrogens with two attached hydrogens (primary N) is 1. The predicted octanol–water partition coefficient (Wildman–Crippen LogP) is 2.23. The van der Waals surface area contributed by atoms with Gasteiger partial charge in [0, 0.05) is 0 Å². The molecule has 3 rings (SSSR count). The number of hydrogen-bond acceptors (Lipinski definition) is 8. The first kappa shape index (κ1) is 17.9. The van der Waals surface area contributed by atoms with Crippen molar-refractivity contribution in [1.29, 1.82) is 5.26 Å². The Morgan fingerprint density at radius 1 is 1.54 bits per heavy atom. The minimum Gasteiger partial charge on any atom is -0.434 e. The van der Waals surface area contributed by atoms with Crippen LogP contribution in [0.3, 0.4) is 0 Å². The fourth-order valence-corrected chi connectivity index (χ4v) is 2.85. The first-order valence-electron chi connectivity index (χ1n) is 8.41. The topological polar surface area (TPSA) is 125 Å². The maximum absolute atomic E-state index is 11.6. The van der Waals surface area contributed by atoms with Gasteiger partial charge in [0.15, 0.2) is 11.4 Å². The van der Waals surface area contributed by atoms with Crippen LogP contribution in [-0.2, 0) is 14.2 Å². The Morgan fingerprint density at radius 3 is 3.08 bits per heavy atom. The lowest BCUT2D eigenvalue weighted by molar-refractivity contribution is -0.0559. The van der Waals surface area contributed by atoms with Crippen molar-refractivity contribution in [2.75, 3.05) is 18.9 Å². The van der Waals surface area contributed by atoms with E-state index in [1.54, 1.807) is 10.6 Å². The van der Waals surface area contributed by atoms with Gasteiger partial charge >= 0.3 is 6.16 Å². The molecular weight excluding hydrogens is 338 g/mol. The Balaban J connectivity index is 1.68. The summed E-state index contributed by atoms with van der Waals surface area (Å²) in [5, 5.41) is 13.8. The molecule has 0 saturated carbocycles. The molecule has 0 radical (unpaired) electrons. The molecule has 3 heterocycles. The van der Waals surface area contributed by atoms with Gasteiger partial charge in [-0.25, -0.2) is 14.3 Å². The SMILES string of the molecule is CC(C)COC(=O)OCC1(C#N)CCC(c2ccc3c(N)ncnn23)O1. The number of carbonyl (C=O) groups excluding carboxylic acids is 1. The molecule has 9 nitrogen and oxygen atoms in total. The van der Waals surface area contributed by atoms with Crippen LogP contribution in [0.1, 0.15) is 38.5 Å².